The highest BCUT2D eigenvalue weighted by molar-refractivity contribution is 5.42. The smallest absolute Gasteiger partial charge is 0.122 e. The Morgan fingerprint density at radius 3 is 3.05 bits per heavy atom. The third-order valence-corrected chi connectivity index (χ3v) is 3.62. The van der Waals surface area contributed by atoms with E-state index in [0.29, 0.717) is 0 Å². The first-order valence-corrected chi connectivity index (χ1v) is 6.74. The number of fused-ring (bicyclic) bond motifs is 1. The van der Waals surface area contributed by atoms with E-state index in [9.17, 15) is 0 Å². The highest BCUT2D eigenvalue weighted by Crippen LogP contribution is 2.29. The second-order valence-corrected chi connectivity index (χ2v) is 4.97. The summed E-state index contributed by atoms with van der Waals surface area (Å²) in [4.78, 5) is 0. The largest absolute Gasteiger partial charge is 0.493 e. The van der Waals surface area contributed by atoms with Crippen LogP contribution in [-0.2, 0) is 13.0 Å². The minimum Gasteiger partial charge on any atom is -0.493 e. The van der Waals surface area contributed by atoms with Gasteiger partial charge in [0.25, 0.3) is 0 Å². The van der Waals surface area contributed by atoms with Crippen molar-refractivity contribution in [1.29, 1.82) is 0 Å². The molecule has 0 radical (unpaired) electrons. The number of nitrogens with two attached hydrogens (primary N) is 1. The lowest BCUT2D eigenvalue weighted by Gasteiger charge is -2.14. The van der Waals surface area contributed by atoms with E-state index in [1.54, 1.807) is 0 Å². The lowest BCUT2D eigenvalue weighted by atomic mass is 10.0. The van der Waals surface area contributed by atoms with Crippen molar-refractivity contribution in [3.63, 3.8) is 0 Å². The maximum atomic E-state index is 6.40. The first-order chi connectivity index (χ1) is 9.19. The Labute approximate surface area is 113 Å². The van der Waals surface area contributed by atoms with Crippen LogP contribution < -0.4 is 10.5 Å². The molecule has 1 atom stereocenters. The van der Waals surface area contributed by atoms with Gasteiger partial charge in [0.1, 0.15) is 5.75 Å². The van der Waals surface area contributed by atoms with Gasteiger partial charge in [0.05, 0.1) is 24.0 Å². The standard InChI is InChI=1S/C15H19N3O/c1-3-18-13(8-10(2)17-18)15(16)12-4-5-14-11(9-12)6-7-19-14/h4-5,8-9,15H,3,6-7,16H2,1-2H3. The highest BCUT2D eigenvalue weighted by atomic mass is 16.5. The lowest BCUT2D eigenvalue weighted by Crippen LogP contribution is -2.17. The molecule has 2 heterocycles. The highest BCUT2D eigenvalue weighted by Gasteiger charge is 2.18. The number of hydrogen-bond donors (Lipinski definition) is 1. The first-order valence-electron chi connectivity index (χ1n) is 6.74. The predicted octanol–water partition coefficient (Wildman–Crippen LogP) is 2.19. The van der Waals surface area contributed by atoms with Crippen molar-refractivity contribution in [3.05, 3.63) is 46.8 Å². The van der Waals surface area contributed by atoms with Crippen molar-refractivity contribution in [1.82, 2.24) is 9.78 Å². The van der Waals surface area contributed by atoms with Gasteiger partial charge >= 0.3 is 0 Å². The van der Waals surface area contributed by atoms with Crippen molar-refractivity contribution in [2.75, 3.05) is 6.61 Å². The molecule has 1 aromatic carbocycles. The quantitative estimate of drug-likeness (QED) is 0.917. The molecular formula is C15H19N3O. The molecule has 2 N–H and O–H groups in total. The monoisotopic (exact) mass is 257 g/mol. The maximum Gasteiger partial charge on any atom is 0.122 e. The Kier molecular flexibility index (Phi) is 3.03. The van der Waals surface area contributed by atoms with E-state index in [2.05, 4.69) is 30.2 Å². The molecule has 0 amide bonds. The van der Waals surface area contributed by atoms with Crippen molar-refractivity contribution >= 4 is 0 Å². The molecule has 1 aliphatic heterocycles. The average molecular weight is 257 g/mol. The number of rotatable bonds is 3. The van der Waals surface area contributed by atoms with Gasteiger partial charge in [0.15, 0.2) is 0 Å². The number of benzene rings is 1. The zero-order valence-corrected chi connectivity index (χ0v) is 11.4. The number of nitrogens with zero attached hydrogens (tertiary/aromatic N) is 2. The van der Waals surface area contributed by atoms with Crippen LogP contribution >= 0.6 is 0 Å². The van der Waals surface area contributed by atoms with Crippen LogP contribution in [0.2, 0.25) is 0 Å². The van der Waals surface area contributed by atoms with E-state index in [1.165, 1.54) is 5.56 Å². The Hall–Kier alpha value is -1.81. The molecule has 0 saturated heterocycles. The fraction of sp³-hybridized carbons (Fsp3) is 0.400. The molecule has 0 saturated carbocycles. The van der Waals surface area contributed by atoms with Crippen molar-refractivity contribution < 1.29 is 4.74 Å². The van der Waals surface area contributed by atoms with E-state index in [4.69, 9.17) is 10.5 Å². The molecule has 1 unspecified atom stereocenters. The molecule has 2 aromatic rings. The molecule has 1 aliphatic rings. The number of aromatic nitrogens is 2. The molecule has 19 heavy (non-hydrogen) atoms. The van der Waals surface area contributed by atoms with Crippen LogP contribution in [0.5, 0.6) is 5.75 Å². The minimum atomic E-state index is -0.132. The van der Waals surface area contributed by atoms with Gasteiger partial charge in [-0.05, 0) is 37.1 Å². The lowest BCUT2D eigenvalue weighted by molar-refractivity contribution is 0.357. The zero-order valence-electron chi connectivity index (χ0n) is 11.4. The Morgan fingerprint density at radius 1 is 1.42 bits per heavy atom. The summed E-state index contributed by atoms with van der Waals surface area (Å²) in [7, 11) is 0. The zero-order chi connectivity index (χ0) is 13.4. The van der Waals surface area contributed by atoms with E-state index in [0.717, 1.165) is 42.3 Å². The third-order valence-electron chi connectivity index (χ3n) is 3.62. The Bertz CT molecular complexity index is 603. The molecule has 100 valence electrons. The van der Waals surface area contributed by atoms with Crippen molar-refractivity contribution in [2.45, 2.75) is 32.9 Å². The molecule has 4 heteroatoms. The summed E-state index contributed by atoms with van der Waals surface area (Å²) in [6.07, 6.45) is 0.974. The second-order valence-electron chi connectivity index (χ2n) is 4.97. The second kappa shape index (κ2) is 4.70. The molecule has 0 spiro atoms. The first kappa shape index (κ1) is 12.2. The van der Waals surface area contributed by atoms with Crippen LogP contribution in [0.1, 0.15) is 35.5 Å². The maximum absolute atomic E-state index is 6.40. The molecule has 3 rings (SSSR count). The molecule has 0 bridgehead atoms. The van der Waals surface area contributed by atoms with Crippen LogP contribution in [0.3, 0.4) is 0 Å². The third kappa shape index (κ3) is 2.12. The van der Waals surface area contributed by atoms with Gasteiger partial charge in [-0.2, -0.15) is 5.10 Å². The number of ether oxygens (including phenoxy) is 1. The van der Waals surface area contributed by atoms with Gasteiger partial charge in [-0.1, -0.05) is 12.1 Å². The number of hydrogen-bond acceptors (Lipinski definition) is 3. The topological polar surface area (TPSA) is 53.1 Å². The summed E-state index contributed by atoms with van der Waals surface area (Å²) in [6.45, 7) is 5.70. The number of aryl methyl sites for hydroxylation is 2. The SMILES string of the molecule is CCn1nc(C)cc1C(N)c1ccc2c(c1)CCO2. The van der Waals surface area contributed by atoms with Gasteiger partial charge in [-0.15, -0.1) is 0 Å². The minimum absolute atomic E-state index is 0.132. The molecular weight excluding hydrogens is 238 g/mol. The van der Waals surface area contributed by atoms with Gasteiger partial charge < -0.3 is 10.5 Å². The summed E-state index contributed by atoms with van der Waals surface area (Å²) in [5.74, 6) is 0.996. The summed E-state index contributed by atoms with van der Waals surface area (Å²) in [5.41, 5.74) is 10.9. The summed E-state index contributed by atoms with van der Waals surface area (Å²) in [6, 6.07) is 8.17. The van der Waals surface area contributed by atoms with Gasteiger partial charge in [-0.3, -0.25) is 4.68 Å². The molecule has 1 aromatic heterocycles. The fourth-order valence-corrected chi connectivity index (χ4v) is 2.64. The normalized spacial score (nSPS) is 15.1. The molecule has 0 fully saturated rings. The fourth-order valence-electron chi connectivity index (χ4n) is 2.64. The van der Waals surface area contributed by atoms with Crippen LogP contribution in [0.25, 0.3) is 0 Å². The van der Waals surface area contributed by atoms with Gasteiger partial charge in [0, 0.05) is 13.0 Å². The summed E-state index contributed by atoms with van der Waals surface area (Å²) >= 11 is 0. The average Bonchev–Trinajstić information content (AvgIpc) is 3.02. The molecule has 4 nitrogen and oxygen atoms in total. The Balaban J connectivity index is 1.97. The van der Waals surface area contributed by atoms with Crippen molar-refractivity contribution in [3.8, 4) is 5.75 Å². The predicted molar refractivity (Wildman–Crippen MR) is 74.3 cm³/mol. The van der Waals surface area contributed by atoms with Gasteiger partial charge in [0.2, 0.25) is 0 Å². The van der Waals surface area contributed by atoms with Crippen molar-refractivity contribution in [2.24, 2.45) is 5.73 Å². The van der Waals surface area contributed by atoms with Crippen LogP contribution in [-0.4, -0.2) is 16.4 Å². The van der Waals surface area contributed by atoms with Crippen LogP contribution in [0.4, 0.5) is 0 Å². The van der Waals surface area contributed by atoms with E-state index >= 15 is 0 Å². The van der Waals surface area contributed by atoms with Gasteiger partial charge in [-0.25, -0.2) is 0 Å². The summed E-state index contributed by atoms with van der Waals surface area (Å²) < 4.78 is 7.51. The van der Waals surface area contributed by atoms with Crippen LogP contribution in [0.15, 0.2) is 24.3 Å². The van der Waals surface area contributed by atoms with E-state index in [-0.39, 0.29) is 6.04 Å². The van der Waals surface area contributed by atoms with E-state index < -0.39 is 0 Å². The summed E-state index contributed by atoms with van der Waals surface area (Å²) in [5, 5.41) is 4.46. The molecule has 0 aliphatic carbocycles. The van der Waals surface area contributed by atoms with Crippen LogP contribution in [0, 0.1) is 6.92 Å². The Morgan fingerprint density at radius 2 is 2.26 bits per heavy atom. The van der Waals surface area contributed by atoms with E-state index in [1.807, 2.05) is 17.7 Å².